The molecule has 3 aromatic rings. The van der Waals surface area contributed by atoms with Crippen molar-refractivity contribution in [1.82, 2.24) is 15.1 Å². The summed E-state index contributed by atoms with van der Waals surface area (Å²) < 4.78 is 24.0. The first-order valence-electron chi connectivity index (χ1n) is 7.88. The Morgan fingerprint density at radius 3 is 2.80 bits per heavy atom. The maximum atomic E-state index is 13.2. The normalized spacial score (nSPS) is 16.5. The van der Waals surface area contributed by atoms with Crippen LogP contribution in [-0.2, 0) is 4.74 Å². The number of carbonyl (C=O) groups is 1. The Balaban J connectivity index is 1.83. The van der Waals surface area contributed by atoms with E-state index in [1.54, 1.807) is 36.5 Å². The van der Waals surface area contributed by atoms with E-state index in [0.717, 1.165) is 11.1 Å². The summed E-state index contributed by atoms with van der Waals surface area (Å²) in [5, 5.41) is 7.13. The smallest absolute Gasteiger partial charge is 0.273 e. The fourth-order valence-corrected chi connectivity index (χ4v) is 3.19. The number of ether oxygens (including phenoxy) is 1. The van der Waals surface area contributed by atoms with Crippen LogP contribution in [0, 0.1) is 5.82 Å². The number of rotatable bonds is 5. The molecule has 0 bridgehead atoms. The minimum Gasteiger partial charge on any atom is -0.467 e. The number of fused-ring (bicyclic) bond motifs is 1. The summed E-state index contributed by atoms with van der Waals surface area (Å²) in [6.45, 7) is 0.832. The van der Waals surface area contributed by atoms with Gasteiger partial charge in [0.2, 0.25) is 0 Å². The number of furan rings is 1. The SMILES string of the molecule is COCCN1C(=O)c2[nH]nc(-c3ccc(F)cc3)c2C1c1ccco1. The quantitative estimate of drug-likeness (QED) is 0.774. The molecule has 0 spiro atoms. The third kappa shape index (κ3) is 2.53. The van der Waals surface area contributed by atoms with E-state index in [-0.39, 0.29) is 11.7 Å². The Morgan fingerprint density at radius 1 is 1.32 bits per heavy atom. The molecule has 1 N–H and O–H groups in total. The highest BCUT2D eigenvalue weighted by atomic mass is 19.1. The highest BCUT2D eigenvalue weighted by Crippen LogP contribution is 2.42. The van der Waals surface area contributed by atoms with Gasteiger partial charge in [-0.2, -0.15) is 5.10 Å². The van der Waals surface area contributed by atoms with Gasteiger partial charge in [-0.1, -0.05) is 0 Å². The number of aromatic nitrogens is 2. The van der Waals surface area contributed by atoms with Gasteiger partial charge in [0.05, 0.1) is 18.6 Å². The Labute approximate surface area is 143 Å². The summed E-state index contributed by atoms with van der Waals surface area (Å²) >= 11 is 0. The van der Waals surface area contributed by atoms with Crippen LogP contribution in [0.15, 0.2) is 47.1 Å². The van der Waals surface area contributed by atoms with Gasteiger partial charge in [0.15, 0.2) is 0 Å². The van der Waals surface area contributed by atoms with Crippen molar-refractivity contribution >= 4 is 5.91 Å². The number of amides is 1. The van der Waals surface area contributed by atoms with Crippen LogP contribution in [0.25, 0.3) is 11.3 Å². The predicted octanol–water partition coefficient (Wildman–Crippen LogP) is 3.00. The molecule has 1 aromatic carbocycles. The molecule has 3 heterocycles. The molecule has 1 aliphatic heterocycles. The number of benzene rings is 1. The number of hydrogen-bond donors (Lipinski definition) is 1. The molecule has 128 valence electrons. The molecule has 7 heteroatoms. The highest BCUT2D eigenvalue weighted by molar-refractivity contribution is 6.00. The zero-order chi connectivity index (χ0) is 17.4. The van der Waals surface area contributed by atoms with Gasteiger partial charge < -0.3 is 14.1 Å². The largest absolute Gasteiger partial charge is 0.467 e. The van der Waals surface area contributed by atoms with Gasteiger partial charge in [-0.15, -0.1) is 0 Å². The van der Waals surface area contributed by atoms with Crippen molar-refractivity contribution in [1.29, 1.82) is 0 Å². The molecule has 0 saturated carbocycles. The van der Waals surface area contributed by atoms with E-state index in [2.05, 4.69) is 10.2 Å². The standard InChI is InChI=1S/C18H16FN3O3/c1-24-10-8-22-17(13-3-2-9-25-13)14-15(20-21-16(14)18(22)23)11-4-6-12(19)7-5-11/h2-7,9,17H,8,10H2,1H3,(H,20,21). The van der Waals surface area contributed by atoms with Crippen LogP contribution in [0.3, 0.4) is 0 Å². The van der Waals surface area contributed by atoms with Gasteiger partial charge in [0, 0.05) is 24.8 Å². The number of nitrogens with one attached hydrogen (secondary N) is 1. The number of methoxy groups -OCH3 is 1. The molecule has 4 rings (SSSR count). The number of nitrogens with zero attached hydrogens (tertiary/aromatic N) is 2. The second-order valence-corrected chi connectivity index (χ2v) is 5.78. The lowest BCUT2D eigenvalue weighted by atomic mass is 10.00. The zero-order valence-corrected chi connectivity index (χ0v) is 13.5. The summed E-state index contributed by atoms with van der Waals surface area (Å²) in [6.07, 6.45) is 1.57. The van der Waals surface area contributed by atoms with Gasteiger partial charge in [0.25, 0.3) is 5.91 Å². The van der Waals surface area contributed by atoms with E-state index in [1.807, 2.05) is 6.07 Å². The van der Waals surface area contributed by atoms with Crippen LogP contribution < -0.4 is 0 Å². The summed E-state index contributed by atoms with van der Waals surface area (Å²) in [7, 11) is 1.59. The number of halogens is 1. The van der Waals surface area contributed by atoms with Crippen LogP contribution in [0.1, 0.15) is 27.9 Å². The van der Waals surface area contributed by atoms with Crippen LogP contribution in [0.2, 0.25) is 0 Å². The number of carbonyl (C=O) groups excluding carboxylic acids is 1. The van der Waals surface area contributed by atoms with Gasteiger partial charge >= 0.3 is 0 Å². The second kappa shape index (κ2) is 6.18. The van der Waals surface area contributed by atoms with E-state index in [0.29, 0.717) is 30.3 Å². The van der Waals surface area contributed by atoms with E-state index < -0.39 is 6.04 Å². The molecule has 2 aromatic heterocycles. The number of hydrogen-bond acceptors (Lipinski definition) is 4. The average Bonchev–Trinajstić information content (AvgIpc) is 3.33. The molecule has 1 aliphatic rings. The third-order valence-electron chi connectivity index (χ3n) is 4.33. The fourth-order valence-electron chi connectivity index (χ4n) is 3.19. The Kier molecular flexibility index (Phi) is 3.85. The van der Waals surface area contributed by atoms with Crippen LogP contribution in [0.4, 0.5) is 4.39 Å². The van der Waals surface area contributed by atoms with Crippen LogP contribution >= 0.6 is 0 Å². The summed E-state index contributed by atoms with van der Waals surface area (Å²) in [6, 6.07) is 9.25. The van der Waals surface area contributed by atoms with Crippen molar-refractivity contribution in [2.75, 3.05) is 20.3 Å². The first kappa shape index (κ1) is 15.6. The molecule has 1 atom stereocenters. The van der Waals surface area contributed by atoms with Crippen molar-refractivity contribution in [2.45, 2.75) is 6.04 Å². The molecule has 6 nitrogen and oxygen atoms in total. The predicted molar refractivity (Wildman–Crippen MR) is 87.4 cm³/mol. The average molecular weight is 341 g/mol. The van der Waals surface area contributed by atoms with E-state index in [4.69, 9.17) is 9.15 Å². The van der Waals surface area contributed by atoms with Crippen LogP contribution in [0.5, 0.6) is 0 Å². The minimum absolute atomic E-state index is 0.158. The van der Waals surface area contributed by atoms with Crippen molar-refractivity contribution in [2.24, 2.45) is 0 Å². The van der Waals surface area contributed by atoms with Crippen molar-refractivity contribution in [3.05, 3.63) is 65.5 Å². The maximum absolute atomic E-state index is 13.2. The summed E-state index contributed by atoms with van der Waals surface area (Å²) in [4.78, 5) is 14.5. The lowest BCUT2D eigenvalue weighted by Crippen LogP contribution is -2.32. The minimum atomic E-state index is -0.397. The van der Waals surface area contributed by atoms with Crippen molar-refractivity contribution < 1.29 is 18.3 Å². The van der Waals surface area contributed by atoms with E-state index in [9.17, 15) is 9.18 Å². The maximum Gasteiger partial charge on any atom is 0.273 e. The highest BCUT2D eigenvalue weighted by Gasteiger charge is 2.43. The molecule has 0 radical (unpaired) electrons. The van der Waals surface area contributed by atoms with Crippen molar-refractivity contribution in [3.63, 3.8) is 0 Å². The summed E-state index contributed by atoms with van der Waals surface area (Å²) in [5.41, 5.74) is 2.51. The van der Waals surface area contributed by atoms with Crippen LogP contribution in [-0.4, -0.2) is 41.3 Å². The molecule has 1 unspecified atom stereocenters. The molecular weight excluding hydrogens is 325 g/mol. The van der Waals surface area contributed by atoms with E-state index in [1.165, 1.54) is 12.1 Å². The number of aromatic amines is 1. The number of H-pyrrole nitrogens is 1. The molecular formula is C18H16FN3O3. The van der Waals surface area contributed by atoms with Gasteiger partial charge in [-0.3, -0.25) is 9.89 Å². The lowest BCUT2D eigenvalue weighted by molar-refractivity contribution is 0.0660. The Morgan fingerprint density at radius 2 is 2.12 bits per heavy atom. The topological polar surface area (TPSA) is 71.4 Å². The Hall–Kier alpha value is -2.93. The van der Waals surface area contributed by atoms with Gasteiger partial charge in [-0.25, -0.2) is 4.39 Å². The monoisotopic (exact) mass is 341 g/mol. The molecule has 0 fully saturated rings. The first-order chi connectivity index (χ1) is 12.2. The zero-order valence-electron chi connectivity index (χ0n) is 13.5. The molecule has 0 aliphatic carbocycles. The molecule has 1 amide bonds. The molecule has 0 saturated heterocycles. The van der Waals surface area contributed by atoms with Gasteiger partial charge in [-0.05, 0) is 36.4 Å². The third-order valence-corrected chi connectivity index (χ3v) is 4.33. The fraction of sp³-hybridized carbons (Fsp3) is 0.222. The summed E-state index contributed by atoms with van der Waals surface area (Å²) in [5.74, 6) is 0.165. The van der Waals surface area contributed by atoms with Gasteiger partial charge in [0.1, 0.15) is 23.3 Å². The lowest BCUT2D eigenvalue weighted by Gasteiger charge is -2.24. The Bertz CT molecular complexity index is 887. The first-order valence-corrected chi connectivity index (χ1v) is 7.88. The second-order valence-electron chi connectivity index (χ2n) is 5.78. The van der Waals surface area contributed by atoms with E-state index >= 15 is 0 Å². The van der Waals surface area contributed by atoms with Crippen molar-refractivity contribution in [3.8, 4) is 11.3 Å². The molecule has 25 heavy (non-hydrogen) atoms.